The quantitative estimate of drug-likeness (QED) is 0.876. The number of amides is 1. The standard InChI is InChI=1S/C12H19N3O2/c1-9(2)7-10-8-13-14-11(10)17-12(16)15-5-3-4-6-15/h8-9H,3-7H2,1-2H3,(H,13,14). The van der Waals surface area contributed by atoms with Crippen molar-refractivity contribution in [2.75, 3.05) is 13.1 Å². The maximum atomic E-state index is 11.8. The molecule has 0 atom stereocenters. The van der Waals surface area contributed by atoms with Gasteiger partial charge in [0.25, 0.3) is 0 Å². The lowest BCUT2D eigenvalue weighted by atomic mass is 10.1. The highest BCUT2D eigenvalue weighted by Crippen LogP contribution is 2.19. The van der Waals surface area contributed by atoms with Crippen molar-refractivity contribution in [3.05, 3.63) is 11.8 Å². The summed E-state index contributed by atoms with van der Waals surface area (Å²) >= 11 is 0. The Morgan fingerprint density at radius 3 is 2.88 bits per heavy atom. The van der Waals surface area contributed by atoms with E-state index >= 15 is 0 Å². The van der Waals surface area contributed by atoms with Crippen molar-refractivity contribution in [2.24, 2.45) is 5.92 Å². The molecule has 0 unspecified atom stereocenters. The number of aromatic nitrogens is 2. The number of rotatable bonds is 3. The molecule has 1 aromatic heterocycles. The van der Waals surface area contributed by atoms with E-state index in [0.717, 1.165) is 37.9 Å². The van der Waals surface area contributed by atoms with Crippen LogP contribution in [-0.4, -0.2) is 34.3 Å². The number of hydrogen-bond donors (Lipinski definition) is 1. The van der Waals surface area contributed by atoms with Crippen LogP contribution in [0.3, 0.4) is 0 Å². The van der Waals surface area contributed by atoms with Gasteiger partial charge in [-0.1, -0.05) is 13.8 Å². The Morgan fingerprint density at radius 2 is 2.24 bits per heavy atom. The van der Waals surface area contributed by atoms with E-state index in [1.54, 1.807) is 11.1 Å². The molecule has 0 bridgehead atoms. The Balaban J connectivity index is 1.97. The van der Waals surface area contributed by atoms with E-state index in [-0.39, 0.29) is 6.09 Å². The molecule has 1 aliphatic rings. The fourth-order valence-electron chi connectivity index (χ4n) is 2.02. The molecule has 0 aliphatic carbocycles. The molecule has 94 valence electrons. The average molecular weight is 237 g/mol. The molecule has 17 heavy (non-hydrogen) atoms. The number of aromatic amines is 1. The van der Waals surface area contributed by atoms with Gasteiger partial charge in [-0.3, -0.25) is 5.10 Å². The number of carbonyl (C=O) groups is 1. The highest BCUT2D eigenvalue weighted by atomic mass is 16.6. The first-order chi connectivity index (χ1) is 8.16. The minimum Gasteiger partial charge on any atom is -0.389 e. The van der Waals surface area contributed by atoms with Gasteiger partial charge < -0.3 is 9.64 Å². The predicted molar refractivity (Wildman–Crippen MR) is 64.0 cm³/mol. The first kappa shape index (κ1) is 12.0. The van der Waals surface area contributed by atoms with Crippen LogP contribution in [0.5, 0.6) is 5.88 Å². The van der Waals surface area contributed by atoms with Crippen LogP contribution in [0.15, 0.2) is 6.20 Å². The fourth-order valence-corrected chi connectivity index (χ4v) is 2.02. The van der Waals surface area contributed by atoms with E-state index in [4.69, 9.17) is 4.74 Å². The molecular weight excluding hydrogens is 218 g/mol. The lowest BCUT2D eigenvalue weighted by Gasteiger charge is -2.14. The van der Waals surface area contributed by atoms with Crippen LogP contribution in [0.1, 0.15) is 32.3 Å². The Bertz CT molecular complexity index is 381. The predicted octanol–water partition coefficient (Wildman–Crippen LogP) is 2.20. The van der Waals surface area contributed by atoms with Crippen molar-refractivity contribution in [1.29, 1.82) is 0 Å². The highest BCUT2D eigenvalue weighted by Gasteiger charge is 2.21. The van der Waals surface area contributed by atoms with Gasteiger partial charge in [-0.25, -0.2) is 4.79 Å². The van der Waals surface area contributed by atoms with Gasteiger partial charge >= 0.3 is 6.09 Å². The molecule has 5 nitrogen and oxygen atoms in total. The second-order valence-electron chi connectivity index (χ2n) is 4.88. The molecule has 5 heteroatoms. The van der Waals surface area contributed by atoms with Crippen LogP contribution in [-0.2, 0) is 6.42 Å². The minimum absolute atomic E-state index is 0.278. The minimum atomic E-state index is -0.278. The summed E-state index contributed by atoms with van der Waals surface area (Å²) < 4.78 is 5.31. The molecule has 1 saturated heterocycles. The van der Waals surface area contributed by atoms with Gasteiger partial charge in [0, 0.05) is 24.8 Å². The zero-order valence-corrected chi connectivity index (χ0v) is 10.4. The Hall–Kier alpha value is -1.52. The van der Waals surface area contributed by atoms with Crippen LogP contribution in [0, 0.1) is 5.92 Å². The molecule has 2 heterocycles. The molecule has 0 radical (unpaired) electrons. The van der Waals surface area contributed by atoms with E-state index in [1.807, 2.05) is 0 Å². The summed E-state index contributed by atoms with van der Waals surface area (Å²) in [4.78, 5) is 13.5. The van der Waals surface area contributed by atoms with Crippen molar-refractivity contribution in [3.8, 4) is 5.88 Å². The summed E-state index contributed by atoms with van der Waals surface area (Å²) in [5.41, 5.74) is 0.965. The zero-order valence-electron chi connectivity index (χ0n) is 10.4. The maximum Gasteiger partial charge on any atom is 0.416 e. The van der Waals surface area contributed by atoms with Crippen molar-refractivity contribution < 1.29 is 9.53 Å². The second-order valence-corrected chi connectivity index (χ2v) is 4.88. The average Bonchev–Trinajstić information content (AvgIpc) is 2.89. The number of ether oxygens (including phenoxy) is 1. The van der Waals surface area contributed by atoms with Gasteiger partial charge in [0.05, 0.1) is 0 Å². The van der Waals surface area contributed by atoms with Crippen LogP contribution < -0.4 is 4.74 Å². The largest absolute Gasteiger partial charge is 0.416 e. The third kappa shape index (κ3) is 2.99. The van der Waals surface area contributed by atoms with Gasteiger partial charge in [-0.2, -0.15) is 0 Å². The summed E-state index contributed by atoms with van der Waals surface area (Å²) in [7, 11) is 0. The smallest absolute Gasteiger partial charge is 0.389 e. The summed E-state index contributed by atoms with van der Waals surface area (Å²) in [6.45, 7) is 5.84. The summed E-state index contributed by atoms with van der Waals surface area (Å²) in [5.74, 6) is 0.937. The Kier molecular flexibility index (Phi) is 3.66. The van der Waals surface area contributed by atoms with E-state index in [1.165, 1.54) is 0 Å². The number of likely N-dealkylation sites (tertiary alicyclic amines) is 1. The van der Waals surface area contributed by atoms with E-state index < -0.39 is 0 Å². The van der Waals surface area contributed by atoms with Crippen LogP contribution >= 0.6 is 0 Å². The van der Waals surface area contributed by atoms with E-state index in [2.05, 4.69) is 24.0 Å². The van der Waals surface area contributed by atoms with E-state index in [9.17, 15) is 4.79 Å². The number of nitrogens with one attached hydrogen (secondary N) is 1. The summed E-state index contributed by atoms with van der Waals surface area (Å²) in [5, 5.41) is 6.74. The molecule has 0 spiro atoms. The SMILES string of the molecule is CC(C)Cc1c[nH]nc1OC(=O)N1CCCC1. The lowest BCUT2D eigenvalue weighted by molar-refractivity contribution is 0.160. The fraction of sp³-hybridized carbons (Fsp3) is 0.667. The molecular formula is C12H19N3O2. The molecule has 2 rings (SSSR count). The first-order valence-corrected chi connectivity index (χ1v) is 6.16. The van der Waals surface area contributed by atoms with E-state index in [0.29, 0.717) is 11.8 Å². The molecule has 1 amide bonds. The third-order valence-electron chi connectivity index (χ3n) is 2.86. The molecule has 0 aromatic carbocycles. The number of H-pyrrole nitrogens is 1. The van der Waals surface area contributed by atoms with Crippen LogP contribution in [0.4, 0.5) is 4.79 Å². The topological polar surface area (TPSA) is 58.2 Å². The maximum absolute atomic E-state index is 11.8. The van der Waals surface area contributed by atoms with Gasteiger partial charge in [0.15, 0.2) is 0 Å². The molecule has 1 aromatic rings. The first-order valence-electron chi connectivity index (χ1n) is 6.16. The normalized spacial score (nSPS) is 15.6. The molecule has 1 aliphatic heterocycles. The lowest BCUT2D eigenvalue weighted by Crippen LogP contribution is -2.30. The van der Waals surface area contributed by atoms with Gasteiger partial charge in [-0.15, -0.1) is 5.10 Å². The van der Waals surface area contributed by atoms with Crippen LogP contribution in [0.2, 0.25) is 0 Å². The zero-order chi connectivity index (χ0) is 12.3. The number of nitrogens with zero attached hydrogens (tertiary/aromatic N) is 2. The van der Waals surface area contributed by atoms with Gasteiger partial charge in [0.2, 0.25) is 5.88 Å². The Labute approximate surface area is 101 Å². The molecule has 1 fully saturated rings. The van der Waals surface area contributed by atoms with Crippen molar-refractivity contribution >= 4 is 6.09 Å². The number of carbonyl (C=O) groups excluding carboxylic acids is 1. The monoisotopic (exact) mass is 237 g/mol. The highest BCUT2D eigenvalue weighted by molar-refractivity contribution is 5.70. The van der Waals surface area contributed by atoms with Crippen LogP contribution in [0.25, 0.3) is 0 Å². The second kappa shape index (κ2) is 5.21. The summed E-state index contributed by atoms with van der Waals surface area (Å²) in [6.07, 6.45) is 4.51. The molecule has 0 saturated carbocycles. The van der Waals surface area contributed by atoms with Crippen molar-refractivity contribution in [1.82, 2.24) is 15.1 Å². The molecule has 1 N–H and O–H groups in total. The number of hydrogen-bond acceptors (Lipinski definition) is 3. The van der Waals surface area contributed by atoms with Gasteiger partial charge in [0.1, 0.15) is 0 Å². The Morgan fingerprint density at radius 1 is 1.53 bits per heavy atom. The van der Waals surface area contributed by atoms with Crippen molar-refractivity contribution in [3.63, 3.8) is 0 Å². The van der Waals surface area contributed by atoms with Crippen molar-refractivity contribution in [2.45, 2.75) is 33.1 Å². The third-order valence-corrected chi connectivity index (χ3v) is 2.86. The summed E-state index contributed by atoms with van der Waals surface area (Å²) in [6, 6.07) is 0. The van der Waals surface area contributed by atoms with Gasteiger partial charge in [-0.05, 0) is 25.2 Å².